The van der Waals surface area contributed by atoms with Crippen LogP contribution in [0.15, 0.2) is 0 Å². The molecule has 12 aliphatic carbocycles. The Morgan fingerprint density at radius 1 is 0.488 bits per heavy atom. The fourth-order valence-corrected chi connectivity index (χ4v) is 16.3. The molecule has 1 N–H and O–H groups in total. The minimum absolute atomic E-state index is 0. The third-order valence-electron chi connectivity index (χ3n) is 21.5. The van der Waals surface area contributed by atoms with Crippen molar-refractivity contribution >= 4 is 36.0 Å². The van der Waals surface area contributed by atoms with Crippen molar-refractivity contribution in [3.8, 4) is 0 Å². The maximum atomic E-state index is 12.7. The van der Waals surface area contributed by atoms with Crippen molar-refractivity contribution in [2.24, 2.45) is 69.0 Å². The van der Waals surface area contributed by atoms with Crippen LogP contribution in [0.25, 0.3) is 0 Å². The van der Waals surface area contributed by atoms with E-state index in [0.717, 1.165) is 95.3 Å². The summed E-state index contributed by atoms with van der Waals surface area (Å²) < 4.78 is 39.4. The Balaban J connectivity index is 0.000000237. The summed E-state index contributed by atoms with van der Waals surface area (Å²) in [5.41, 5.74) is -4.39. The zero-order chi connectivity index (χ0) is 58.6. The van der Waals surface area contributed by atoms with Gasteiger partial charge in [-0.1, -0.05) is 56.9 Å². The molecule has 0 aromatic rings. The summed E-state index contributed by atoms with van der Waals surface area (Å²) in [5, 5.41) is 10.6. The number of rotatable bonds is 14. The summed E-state index contributed by atoms with van der Waals surface area (Å²) in [6.07, 6.45) is 20.9. The van der Waals surface area contributed by atoms with Gasteiger partial charge >= 0.3 is 36.0 Å². The van der Waals surface area contributed by atoms with E-state index in [-0.39, 0.29) is 62.8 Å². The standard InChI is InChI=1S/C21H34O5.C18H30O2.C16H26O3.C10H16O4.3CH4/c1-7-19(5,6)16(22)24-20-9-14-8-15(10-20)12-21(11-14,13-20)26-17(23)25-18(2,3)4;1-5-17(3,4)16(19)20-18(6-2)14-8-12-7-13(10-14)11-15(18)9-12;1-4-14(2,3)13(17)19-16-8-11-5-12(9-16)7-15(18,6-11)10-16;1-4-10(2,3)9(12)14-7-5-6-13-8(7)11;;;/h14-15H,7-13H2,1-6H3;12-15H,5-11H2,1-4H3;11-12,18H,4-10H2,1-3H3;7H,4-6H2,1-3H3;3*1H4. The van der Waals surface area contributed by atoms with Crippen molar-refractivity contribution in [3.05, 3.63) is 0 Å². The average Bonchev–Trinajstić information content (AvgIpc) is 3.06. The van der Waals surface area contributed by atoms with Crippen LogP contribution in [-0.4, -0.2) is 87.4 Å². The number of cyclic esters (lactones) is 1. The first-order valence-electron chi connectivity index (χ1n) is 31.2. The Kier molecular flexibility index (Phi) is 22.4. The predicted octanol–water partition coefficient (Wildman–Crippen LogP) is 15.8. The lowest BCUT2D eigenvalue weighted by Gasteiger charge is -2.60. The molecule has 13 rings (SSSR count). The molecule has 1 saturated heterocycles. The van der Waals surface area contributed by atoms with Gasteiger partial charge in [-0.25, -0.2) is 9.59 Å². The Morgan fingerprint density at radius 3 is 1.20 bits per heavy atom. The summed E-state index contributed by atoms with van der Waals surface area (Å²) in [6, 6.07) is 0. The molecule has 14 nitrogen and oxygen atoms in total. The van der Waals surface area contributed by atoms with Crippen LogP contribution in [0.5, 0.6) is 0 Å². The lowest BCUT2D eigenvalue weighted by atomic mass is 9.49. The maximum absolute atomic E-state index is 12.7. The Bertz CT molecular complexity index is 2170. The molecule has 0 amide bonds. The summed E-state index contributed by atoms with van der Waals surface area (Å²) >= 11 is 0. The molecule has 1 aliphatic heterocycles. The second-order valence-electron chi connectivity index (χ2n) is 30.8. The molecule has 13 aliphatic rings. The number of esters is 5. The van der Waals surface area contributed by atoms with E-state index in [1.807, 2.05) is 83.1 Å². The van der Waals surface area contributed by atoms with E-state index in [2.05, 4.69) is 13.8 Å². The van der Waals surface area contributed by atoms with Gasteiger partial charge < -0.3 is 38.3 Å². The molecule has 14 heteroatoms. The van der Waals surface area contributed by atoms with E-state index < -0.39 is 56.9 Å². The predicted molar refractivity (Wildman–Crippen MR) is 320 cm³/mol. The molecule has 5 atom stereocenters. The molecule has 12 saturated carbocycles. The van der Waals surface area contributed by atoms with Gasteiger partial charge in [-0.2, -0.15) is 0 Å². The van der Waals surface area contributed by atoms with Gasteiger partial charge in [-0.15, -0.1) is 0 Å². The van der Waals surface area contributed by atoms with Gasteiger partial charge in [0.05, 0.1) is 33.9 Å². The summed E-state index contributed by atoms with van der Waals surface area (Å²) in [4.78, 5) is 72.7. The smallest absolute Gasteiger partial charge is 0.463 e. The second-order valence-corrected chi connectivity index (χ2v) is 30.8. The molecule has 0 spiro atoms. The molecule has 0 aromatic carbocycles. The number of hydrogen-bond donors (Lipinski definition) is 1. The molecule has 12 bridgehead atoms. The highest BCUT2D eigenvalue weighted by Gasteiger charge is 2.64. The van der Waals surface area contributed by atoms with E-state index in [0.29, 0.717) is 67.8 Å². The Labute approximate surface area is 497 Å². The van der Waals surface area contributed by atoms with Crippen molar-refractivity contribution in [1.82, 2.24) is 0 Å². The van der Waals surface area contributed by atoms with Crippen LogP contribution in [0.3, 0.4) is 0 Å². The van der Waals surface area contributed by atoms with E-state index in [1.54, 1.807) is 13.8 Å². The summed E-state index contributed by atoms with van der Waals surface area (Å²) in [5.74, 6) is 4.23. The van der Waals surface area contributed by atoms with Crippen LogP contribution in [0.2, 0.25) is 0 Å². The van der Waals surface area contributed by atoms with Crippen molar-refractivity contribution in [2.45, 2.75) is 320 Å². The molecular weight excluding hydrogens is 1040 g/mol. The molecule has 0 radical (unpaired) electrons. The number of aliphatic hydroxyl groups is 1. The molecule has 5 unspecified atom stereocenters. The first-order chi connectivity index (χ1) is 36.5. The third kappa shape index (κ3) is 15.8. The molecule has 0 aromatic heterocycles. The highest BCUT2D eigenvalue weighted by molar-refractivity contribution is 5.83. The fourth-order valence-electron chi connectivity index (χ4n) is 16.3. The monoisotopic (exact) mass is 1160 g/mol. The Morgan fingerprint density at radius 2 is 0.841 bits per heavy atom. The zero-order valence-electron chi connectivity index (χ0n) is 51.9. The largest absolute Gasteiger partial charge is 0.509 e. The quantitative estimate of drug-likeness (QED) is 0.128. The number of hydrogen-bond acceptors (Lipinski definition) is 14. The lowest BCUT2D eigenvalue weighted by Crippen LogP contribution is -2.62. The van der Waals surface area contributed by atoms with Crippen LogP contribution in [-0.2, 0) is 57.1 Å². The van der Waals surface area contributed by atoms with Crippen molar-refractivity contribution in [2.75, 3.05) is 6.61 Å². The molecular formula is C68H118O14. The van der Waals surface area contributed by atoms with E-state index in [1.165, 1.54) is 38.5 Å². The van der Waals surface area contributed by atoms with E-state index >= 15 is 0 Å². The van der Waals surface area contributed by atoms with Gasteiger partial charge in [0.15, 0.2) is 0 Å². The topological polar surface area (TPSA) is 187 Å². The van der Waals surface area contributed by atoms with Gasteiger partial charge in [-0.3, -0.25) is 19.2 Å². The SMILES string of the molecule is C.C.C.CCC(C)(C)C(=O)OC1(CC)C2CC3CC(C2)CC1C3.CCC(C)(C)C(=O)OC12CC3CC(CC(O)(C3)C1)C2.CCC(C)(C)C(=O)OC12CC3CC(CC(OC(=O)OC(C)(C)C)(C3)C1)C2.CCC(C)(C)C(=O)OC1CCOC1=O. The maximum Gasteiger partial charge on any atom is 0.509 e. The first-order valence-corrected chi connectivity index (χ1v) is 31.2. The number of carbonyl (C=O) groups is 6. The van der Waals surface area contributed by atoms with Gasteiger partial charge in [0, 0.05) is 19.3 Å². The third-order valence-corrected chi connectivity index (χ3v) is 21.5. The van der Waals surface area contributed by atoms with Gasteiger partial charge in [0.25, 0.3) is 0 Å². The highest BCUT2D eigenvalue weighted by atomic mass is 16.7. The molecule has 82 heavy (non-hydrogen) atoms. The van der Waals surface area contributed by atoms with Crippen molar-refractivity contribution in [3.63, 3.8) is 0 Å². The minimum atomic E-state index is -0.687. The average molecular weight is 1160 g/mol. The summed E-state index contributed by atoms with van der Waals surface area (Å²) in [6.45, 7) is 31.5. The van der Waals surface area contributed by atoms with Crippen LogP contribution in [0.4, 0.5) is 4.79 Å². The van der Waals surface area contributed by atoms with Gasteiger partial charge in [0.1, 0.15) is 28.0 Å². The van der Waals surface area contributed by atoms with Crippen molar-refractivity contribution < 1.29 is 67.0 Å². The summed E-state index contributed by atoms with van der Waals surface area (Å²) in [7, 11) is 0. The van der Waals surface area contributed by atoms with Crippen molar-refractivity contribution in [1.29, 1.82) is 0 Å². The zero-order valence-corrected chi connectivity index (χ0v) is 51.9. The van der Waals surface area contributed by atoms with Crippen LogP contribution in [0, 0.1) is 69.0 Å². The number of carbonyl (C=O) groups excluding carboxylic acids is 6. The second kappa shape index (κ2) is 25.9. The minimum Gasteiger partial charge on any atom is -0.463 e. The lowest BCUT2D eigenvalue weighted by molar-refractivity contribution is -0.230. The van der Waals surface area contributed by atoms with E-state index in [4.69, 9.17) is 33.2 Å². The first kappa shape index (κ1) is 71.1. The molecule has 1 heterocycles. The van der Waals surface area contributed by atoms with E-state index in [9.17, 15) is 33.9 Å². The molecule has 13 fully saturated rings. The number of ether oxygens (including phenoxy) is 7. The fraction of sp³-hybridized carbons (Fsp3) is 0.912. The Hall–Kier alpha value is -3.42. The molecule has 474 valence electrons. The van der Waals surface area contributed by atoms with Crippen LogP contribution < -0.4 is 0 Å². The van der Waals surface area contributed by atoms with Crippen LogP contribution in [0.1, 0.15) is 281 Å². The normalized spacial score (nSPS) is 35.9. The highest BCUT2D eigenvalue weighted by Crippen LogP contribution is 2.63. The van der Waals surface area contributed by atoms with Gasteiger partial charge in [-0.05, 0) is 252 Å². The van der Waals surface area contributed by atoms with Gasteiger partial charge in [0.2, 0.25) is 6.10 Å². The van der Waals surface area contributed by atoms with Crippen LogP contribution >= 0.6 is 0 Å².